The lowest BCUT2D eigenvalue weighted by atomic mass is 9.94. The summed E-state index contributed by atoms with van der Waals surface area (Å²) in [6, 6.07) is -2.60. The Balaban J connectivity index is 1.50. The summed E-state index contributed by atoms with van der Waals surface area (Å²) in [5.41, 5.74) is -0.111. The zero-order valence-corrected chi connectivity index (χ0v) is 24.3. The molecule has 5 atom stereocenters. The fourth-order valence-corrected chi connectivity index (χ4v) is 7.33. The molecule has 4 N–H and O–H groups in total. The van der Waals surface area contributed by atoms with E-state index >= 15 is 0 Å². The molecule has 40 heavy (non-hydrogen) atoms. The monoisotopic (exact) mass is 557 g/mol. The molecule has 3 saturated carbocycles. The normalized spacial score (nSPS) is 26.9. The smallest absolute Gasteiger partial charge is 0.315 e. The van der Waals surface area contributed by atoms with Crippen molar-refractivity contribution in [3.63, 3.8) is 0 Å². The molecule has 1 heterocycles. The number of rotatable bonds is 12. The van der Waals surface area contributed by atoms with Crippen LogP contribution in [0.2, 0.25) is 0 Å². The van der Waals surface area contributed by atoms with Crippen LogP contribution >= 0.6 is 0 Å². The van der Waals surface area contributed by atoms with Crippen molar-refractivity contribution in [3.8, 4) is 0 Å². The summed E-state index contributed by atoms with van der Waals surface area (Å²) in [6.07, 6.45) is 10.2. The van der Waals surface area contributed by atoms with Gasteiger partial charge in [0.05, 0.1) is 6.04 Å². The second kappa shape index (κ2) is 12.7. The standard InChI is InChI=1S/C30H47N5O5/c1-5-11-21(25(36)27(38)31-16-6-2)33-26(37)24-22-20(30(22,3)4)17-35(24)28(39)23(18-12-7-8-13-18)34-29(40)32-19-14-9-10-15-19/h6,18-24H,2,5,7-17H2,1,3-4H3,(H,31,38)(H,33,37)(H2,32,34,40). The molecule has 1 saturated heterocycles. The van der Waals surface area contributed by atoms with Crippen LogP contribution in [0.15, 0.2) is 12.7 Å². The summed E-state index contributed by atoms with van der Waals surface area (Å²) in [5.74, 6) is -1.94. The predicted molar refractivity (Wildman–Crippen MR) is 151 cm³/mol. The number of amides is 5. The molecule has 5 amide bonds. The van der Waals surface area contributed by atoms with E-state index in [0.29, 0.717) is 19.4 Å². The SMILES string of the molecule is C=CCNC(=O)C(=O)C(CCC)NC(=O)C1C2C(CN1C(=O)C(NC(=O)NC1CCCC1)C1CCCC1)C2(C)C. The van der Waals surface area contributed by atoms with Crippen molar-refractivity contribution < 1.29 is 24.0 Å². The quantitative estimate of drug-likeness (QED) is 0.216. The third-order valence-electron chi connectivity index (χ3n) is 9.72. The van der Waals surface area contributed by atoms with Gasteiger partial charge in [0.25, 0.3) is 5.91 Å². The van der Waals surface area contributed by atoms with Gasteiger partial charge in [-0.25, -0.2) is 4.79 Å². The molecule has 0 aromatic rings. The van der Waals surface area contributed by atoms with E-state index in [1.165, 1.54) is 6.08 Å². The van der Waals surface area contributed by atoms with Gasteiger partial charge in [-0.15, -0.1) is 6.58 Å². The molecule has 10 nitrogen and oxygen atoms in total. The van der Waals surface area contributed by atoms with Crippen LogP contribution in [0.4, 0.5) is 4.79 Å². The number of nitrogens with one attached hydrogen (secondary N) is 4. The first-order valence-corrected chi connectivity index (χ1v) is 15.2. The second-order valence-corrected chi connectivity index (χ2v) is 12.7. The number of ketones is 1. The average Bonchev–Trinajstić information content (AvgIpc) is 3.54. The van der Waals surface area contributed by atoms with Gasteiger partial charge in [-0.2, -0.15) is 0 Å². The molecule has 4 fully saturated rings. The van der Waals surface area contributed by atoms with Gasteiger partial charge in [0.2, 0.25) is 17.6 Å². The van der Waals surface area contributed by atoms with Gasteiger partial charge in [-0.1, -0.05) is 59.0 Å². The minimum atomic E-state index is -0.971. The van der Waals surface area contributed by atoms with Crippen molar-refractivity contribution in [3.05, 3.63) is 12.7 Å². The van der Waals surface area contributed by atoms with Crippen LogP contribution < -0.4 is 21.3 Å². The molecule has 1 aliphatic heterocycles. The van der Waals surface area contributed by atoms with Crippen molar-refractivity contribution in [2.24, 2.45) is 23.2 Å². The highest BCUT2D eigenvalue weighted by Crippen LogP contribution is 2.65. The molecule has 5 unspecified atom stereocenters. The number of fused-ring (bicyclic) bond motifs is 1. The average molecular weight is 558 g/mol. The minimum Gasteiger partial charge on any atom is -0.346 e. The van der Waals surface area contributed by atoms with E-state index in [-0.39, 0.29) is 47.7 Å². The Kier molecular flexibility index (Phi) is 9.56. The maximum atomic E-state index is 14.1. The molecule has 0 aromatic heterocycles. The van der Waals surface area contributed by atoms with Crippen molar-refractivity contribution in [2.45, 2.75) is 109 Å². The van der Waals surface area contributed by atoms with Gasteiger partial charge in [0.15, 0.2) is 0 Å². The number of carbonyl (C=O) groups is 5. The van der Waals surface area contributed by atoms with E-state index in [1.807, 2.05) is 6.92 Å². The van der Waals surface area contributed by atoms with E-state index in [4.69, 9.17) is 0 Å². The highest BCUT2D eigenvalue weighted by molar-refractivity contribution is 6.38. The van der Waals surface area contributed by atoms with Crippen LogP contribution in [-0.2, 0) is 19.2 Å². The van der Waals surface area contributed by atoms with Crippen molar-refractivity contribution in [2.75, 3.05) is 13.1 Å². The summed E-state index contributed by atoms with van der Waals surface area (Å²) < 4.78 is 0. The Labute approximate surface area is 237 Å². The van der Waals surface area contributed by atoms with Crippen LogP contribution in [0.1, 0.15) is 85.0 Å². The fraction of sp³-hybridized carbons (Fsp3) is 0.767. The van der Waals surface area contributed by atoms with E-state index in [1.54, 1.807) is 4.90 Å². The van der Waals surface area contributed by atoms with Gasteiger partial charge >= 0.3 is 6.03 Å². The topological polar surface area (TPSA) is 137 Å². The third kappa shape index (κ3) is 6.36. The van der Waals surface area contributed by atoms with E-state index < -0.39 is 35.7 Å². The minimum absolute atomic E-state index is 0.0263. The predicted octanol–water partition coefficient (Wildman–Crippen LogP) is 2.43. The lowest BCUT2D eigenvalue weighted by Gasteiger charge is -2.35. The van der Waals surface area contributed by atoms with E-state index in [2.05, 4.69) is 41.7 Å². The Bertz CT molecular complexity index is 1000. The van der Waals surface area contributed by atoms with Crippen LogP contribution in [0.3, 0.4) is 0 Å². The van der Waals surface area contributed by atoms with Crippen LogP contribution in [0, 0.1) is 23.2 Å². The highest BCUT2D eigenvalue weighted by Gasteiger charge is 2.69. The molecule has 10 heteroatoms. The maximum Gasteiger partial charge on any atom is 0.315 e. The summed E-state index contributed by atoms with van der Waals surface area (Å²) >= 11 is 0. The summed E-state index contributed by atoms with van der Waals surface area (Å²) in [7, 11) is 0. The molecule has 4 aliphatic rings. The van der Waals surface area contributed by atoms with Gasteiger partial charge in [-0.05, 0) is 55.3 Å². The lowest BCUT2D eigenvalue weighted by Crippen LogP contribution is -2.60. The lowest BCUT2D eigenvalue weighted by molar-refractivity contribution is -0.144. The fourth-order valence-electron chi connectivity index (χ4n) is 7.33. The number of hydrogen-bond acceptors (Lipinski definition) is 5. The number of piperidine rings is 1. The number of Topliss-reactive ketones (excluding diaryl/α,β-unsaturated/α-hetero) is 1. The van der Waals surface area contributed by atoms with Crippen molar-refractivity contribution in [1.29, 1.82) is 0 Å². The second-order valence-electron chi connectivity index (χ2n) is 12.7. The summed E-state index contributed by atoms with van der Waals surface area (Å²) in [5, 5.41) is 11.4. The van der Waals surface area contributed by atoms with Gasteiger partial charge in [-0.3, -0.25) is 19.2 Å². The van der Waals surface area contributed by atoms with Crippen LogP contribution in [0.5, 0.6) is 0 Å². The Morgan fingerprint density at radius 3 is 2.27 bits per heavy atom. The first-order valence-electron chi connectivity index (χ1n) is 15.2. The number of nitrogens with zero attached hydrogens (tertiary/aromatic N) is 1. The number of likely N-dealkylation sites (tertiary alicyclic amines) is 1. The van der Waals surface area contributed by atoms with Gasteiger partial charge in [0, 0.05) is 19.1 Å². The molecular weight excluding hydrogens is 510 g/mol. The zero-order valence-electron chi connectivity index (χ0n) is 24.3. The third-order valence-corrected chi connectivity index (χ3v) is 9.72. The molecule has 0 radical (unpaired) electrons. The van der Waals surface area contributed by atoms with Crippen LogP contribution in [-0.4, -0.2) is 71.7 Å². The Morgan fingerprint density at radius 1 is 1.00 bits per heavy atom. The number of carbonyl (C=O) groups excluding carboxylic acids is 5. The summed E-state index contributed by atoms with van der Waals surface area (Å²) in [4.78, 5) is 67.8. The summed E-state index contributed by atoms with van der Waals surface area (Å²) in [6.45, 7) is 10.2. The van der Waals surface area contributed by atoms with Gasteiger partial charge in [0.1, 0.15) is 12.1 Å². The zero-order chi connectivity index (χ0) is 29.0. The maximum absolute atomic E-state index is 14.1. The first kappa shape index (κ1) is 30.1. The molecular formula is C30H47N5O5. The Morgan fingerprint density at radius 2 is 1.65 bits per heavy atom. The number of urea groups is 1. The van der Waals surface area contributed by atoms with E-state index in [9.17, 15) is 24.0 Å². The van der Waals surface area contributed by atoms with Gasteiger partial charge < -0.3 is 26.2 Å². The molecule has 4 rings (SSSR count). The van der Waals surface area contributed by atoms with Crippen LogP contribution in [0.25, 0.3) is 0 Å². The largest absolute Gasteiger partial charge is 0.346 e. The van der Waals surface area contributed by atoms with E-state index in [0.717, 1.165) is 51.4 Å². The molecule has 3 aliphatic carbocycles. The molecule has 0 aromatic carbocycles. The van der Waals surface area contributed by atoms with Crippen molar-refractivity contribution >= 4 is 29.5 Å². The Hall–Kier alpha value is -2.91. The highest BCUT2D eigenvalue weighted by atomic mass is 16.2. The molecule has 222 valence electrons. The van der Waals surface area contributed by atoms with Crippen molar-refractivity contribution in [1.82, 2.24) is 26.2 Å². The molecule has 0 spiro atoms. The first-order chi connectivity index (χ1) is 19.1. The number of hydrogen-bond donors (Lipinski definition) is 4. The molecule has 0 bridgehead atoms.